The molecule has 0 aliphatic carbocycles. The number of anilines is 2. The lowest BCUT2D eigenvalue weighted by molar-refractivity contribution is 0.569. The highest BCUT2D eigenvalue weighted by Crippen LogP contribution is 2.19. The summed E-state index contributed by atoms with van der Waals surface area (Å²) in [5.41, 5.74) is 5.62. The maximum Gasteiger partial charge on any atom is 0.108 e. The van der Waals surface area contributed by atoms with Crippen LogP contribution in [0.4, 0.5) is 11.4 Å². The normalized spacial score (nSPS) is 12.0. The number of para-hydroxylation sites is 2. The van der Waals surface area contributed by atoms with Crippen molar-refractivity contribution in [3.63, 3.8) is 0 Å². The highest BCUT2D eigenvalue weighted by Gasteiger charge is 2.13. The molecule has 1 atom stereocenters. The fourth-order valence-corrected chi connectivity index (χ4v) is 2.01. The lowest BCUT2D eigenvalue weighted by Crippen LogP contribution is -2.37. The molecule has 0 amide bonds. The second-order valence-electron chi connectivity index (χ2n) is 6.38. The van der Waals surface area contributed by atoms with Crippen molar-refractivity contribution in [2.24, 2.45) is 5.41 Å². The van der Waals surface area contributed by atoms with Crippen molar-refractivity contribution in [3.05, 3.63) is 60.7 Å². The van der Waals surface area contributed by atoms with E-state index in [4.69, 9.17) is 0 Å². The van der Waals surface area contributed by atoms with E-state index in [1.54, 1.807) is 0 Å². The smallest absolute Gasteiger partial charge is 0.108 e. The maximum absolute atomic E-state index is 3.46. The molecule has 0 spiro atoms. The molecule has 0 radical (unpaired) electrons. The molecule has 2 aromatic rings. The third-order valence-corrected chi connectivity index (χ3v) is 3.10. The van der Waals surface area contributed by atoms with Gasteiger partial charge in [-0.3, -0.25) is 10.4 Å². The monoisotopic (exact) mass is 292 g/mol. The van der Waals surface area contributed by atoms with Crippen LogP contribution in [0, 0.1) is 17.3 Å². The Morgan fingerprint density at radius 1 is 0.909 bits per heavy atom. The lowest BCUT2D eigenvalue weighted by Gasteiger charge is -2.30. The van der Waals surface area contributed by atoms with Crippen LogP contribution in [0.2, 0.25) is 0 Å². The van der Waals surface area contributed by atoms with Crippen LogP contribution in [0.3, 0.4) is 0 Å². The number of hydrogen-bond acceptors (Lipinski definition) is 2. The molecule has 0 bridgehead atoms. The fraction of sp³-hybridized carbons (Fsp3) is 0.300. The lowest BCUT2D eigenvalue weighted by atomic mass is 9.97. The molecule has 2 heteroatoms. The molecule has 0 aliphatic heterocycles. The Kier molecular flexibility index (Phi) is 5.12. The van der Waals surface area contributed by atoms with E-state index >= 15 is 0 Å². The highest BCUT2D eigenvalue weighted by molar-refractivity contribution is 5.57. The number of hydrazine groups is 1. The number of hydrogen-bond donors (Lipinski definition) is 1. The van der Waals surface area contributed by atoms with Crippen LogP contribution < -0.4 is 10.4 Å². The summed E-state index contributed by atoms with van der Waals surface area (Å²) in [6.07, 6.45) is 0. The summed E-state index contributed by atoms with van der Waals surface area (Å²) in [6.45, 7) is 8.50. The van der Waals surface area contributed by atoms with Crippen LogP contribution in [0.1, 0.15) is 27.7 Å². The summed E-state index contributed by atoms with van der Waals surface area (Å²) in [7, 11) is 0. The van der Waals surface area contributed by atoms with Crippen LogP contribution in [0.5, 0.6) is 0 Å². The average molecular weight is 292 g/mol. The molecule has 2 nitrogen and oxygen atoms in total. The number of benzene rings is 2. The van der Waals surface area contributed by atoms with Gasteiger partial charge in [0.05, 0.1) is 11.4 Å². The summed E-state index contributed by atoms with van der Waals surface area (Å²) in [6, 6.07) is 20.5. The zero-order chi connectivity index (χ0) is 16.0. The first-order valence-electron chi connectivity index (χ1n) is 7.64. The Bertz CT molecular complexity index is 630. The van der Waals surface area contributed by atoms with E-state index in [1.165, 1.54) is 0 Å². The Morgan fingerprint density at radius 2 is 1.45 bits per heavy atom. The van der Waals surface area contributed by atoms with Gasteiger partial charge in [-0.25, -0.2) is 0 Å². The summed E-state index contributed by atoms with van der Waals surface area (Å²) >= 11 is 0. The molecular formula is C20H24N2. The molecule has 2 rings (SSSR count). The summed E-state index contributed by atoms with van der Waals surface area (Å²) in [5, 5.41) is 2.11. The van der Waals surface area contributed by atoms with Crippen LogP contribution in [0.15, 0.2) is 60.7 Å². The van der Waals surface area contributed by atoms with Crippen molar-refractivity contribution in [2.75, 3.05) is 10.4 Å². The third kappa shape index (κ3) is 4.86. The van der Waals surface area contributed by atoms with E-state index in [0.717, 1.165) is 11.4 Å². The SMILES string of the molecule is CC(C#CC(C)(C)C)N(Nc1ccccc1)c1ccccc1. The molecular weight excluding hydrogens is 268 g/mol. The van der Waals surface area contributed by atoms with E-state index < -0.39 is 0 Å². The fourth-order valence-electron chi connectivity index (χ4n) is 2.01. The van der Waals surface area contributed by atoms with Crippen LogP contribution in [0.25, 0.3) is 0 Å². The van der Waals surface area contributed by atoms with Crippen molar-refractivity contribution in [1.82, 2.24) is 0 Å². The van der Waals surface area contributed by atoms with Gasteiger partial charge in [0.2, 0.25) is 0 Å². The minimum Gasteiger partial charge on any atom is -0.297 e. The van der Waals surface area contributed by atoms with Crippen molar-refractivity contribution in [2.45, 2.75) is 33.7 Å². The van der Waals surface area contributed by atoms with Gasteiger partial charge < -0.3 is 0 Å². The minimum atomic E-state index is 0.00334. The van der Waals surface area contributed by atoms with E-state index in [0.29, 0.717) is 0 Å². The van der Waals surface area contributed by atoms with Crippen LogP contribution in [-0.2, 0) is 0 Å². The highest BCUT2D eigenvalue weighted by atomic mass is 15.5. The Balaban J connectivity index is 2.27. The summed E-state index contributed by atoms with van der Waals surface area (Å²) in [5.74, 6) is 6.68. The van der Waals surface area contributed by atoms with Gasteiger partial charge in [0.15, 0.2) is 0 Å². The summed E-state index contributed by atoms with van der Waals surface area (Å²) < 4.78 is 0. The van der Waals surface area contributed by atoms with Gasteiger partial charge in [0.25, 0.3) is 0 Å². The first kappa shape index (κ1) is 16.0. The molecule has 1 N–H and O–H groups in total. The van der Waals surface area contributed by atoms with Gasteiger partial charge >= 0.3 is 0 Å². The predicted molar refractivity (Wildman–Crippen MR) is 95.7 cm³/mol. The van der Waals surface area contributed by atoms with Gasteiger partial charge in [-0.05, 0) is 52.0 Å². The van der Waals surface area contributed by atoms with Gasteiger partial charge in [-0.15, -0.1) is 0 Å². The minimum absolute atomic E-state index is 0.00334. The third-order valence-electron chi connectivity index (χ3n) is 3.10. The number of rotatable bonds is 4. The predicted octanol–water partition coefficient (Wildman–Crippen LogP) is 4.96. The molecule has 1 unspecified atom stereocenters. The van der Waals surface area contributed by atoms with Crippen molar-refractivity contribution in [1.29, 1.82) is 0 Å². The Hall–Kier alpha value is -2.40. The van der Waals surface area contributed by atoms with E-state index in [9.17, 15) is 0 Å². The van der Waals surface area contributed by atoms with Gasteiger partial charge in [0, 0.05) is 5.41 Å². The van der Waals surface area contributed by atoms with E-state index in [-0.39, 0.29) is 11.5 Å². The standard InChI is InChI=1S/C20H24N2/c1-17(15-16-20(2,3)4)22(19-13-9-6-10-14-19)21-18-11-7-5-8-12-18/h5-14,17,21H,1-4H3. The quantitative estimate of drug-likeness (QED) is 0.633. The first-order chi connectivity index (χ1) is 10.5. The second kappa shape index (κ2) is 7.04. The van der Waals surface area contributed by atoms with E-state index in [1.807, 2.05) is 36.4 Å². The van der Waals surface area contributed by atoms with Crippen molar-refractivity contribution < 1.29 is 0 Å². The van der Waals surface area contributed by atoms with Crippen molar-refractivity contribution >= 4 is 11.4 Å². The van der Waals surface area contributed by atoms with Gasteiger partial charge in [-0.2, -0.15) is 0 Å². The molecule has 114 valence electrons. The molecule has 0 aromatic heterocycles. The molecule has 0 fully saturated rings. The summed E-state index contributed by atoms with van der Waals surface area (Å²) in [4.78, 5) is 0. The topological polar surface area (TPSA) is 15.3 Å². The molecule has 0 saturated heterocycles. The van der Waals surface area contributed by atoms with Gasteiger partial charge in [-0.1, -0.05) is 48.2 Å². The molecule has 22 heavy (non-hydrogen) atoms. The zero-order valence-corrected chi connectivity index (χ0v) is 13.8. The van der Waals surface area contributed by atoms with Crippen molar-refractivity contribution in [3.8, 4) is 11.8 Å². The number of nitrogens with one attached hydrogen (secondary N) is 1. The Labute approximate surface area is 134 Å². The Morgan fingerprint density at radius 3 is 2.00 bits per heavy atom. The first-order valence-corrected chi connectivity index (χ1v) is 7.64. The van der Waals surface area contributed by atoms with Crippen LogP contribution in [-0.4, -0.2) is 6.04 Å². The maximum atomic E-state index is 3.46. The average Bonchev–Trinajstić information content (AvgIpc) is 2.51. The molecule has 0 heterocycles. The largest absolute Gasteiger partial charge is 0.297 e. The second-order valence-corrected chi connectivity index (χ2v) is 6.38. The van der Waals surface area contributed by atoms with Gasteiger partial charge in [0.1, 0.15) is 6.04 Å². The zero-order valence-electron chi connectivity index (χ0n) is 13.8. The van der Waals surface area contributed by atoms with E-state index in [2.05, 4.69) is 74.2 Å². The molecule has 0 saturated carbocycles. The number of nitrogens with zero attached hydrogens (tertiary/aromatic N) is 1. The molecule has 2 aromatic carbocycles. The molecule has 0 aliphatic rings. The van der Waals surface area contributed by atoms with Crippen LogP contribution >= 0.6 is 0 Å².